The molecule has 0 aliphatic heterocycles. The summed E-state index contributed by atoms with van der Waals surface area (Å²) in [5, 5.41) is 5.76. The first kappa shape index (κ1) is 15.8. The van der Waals surface area contributed by atoms with Gasteiger partial charge in [0.1, 0.15) is 11.6 Å². The van der Waals surface area contributed by atoms with Crippen molar-refractivity contribution in [2.24, 2.45) is 18.9 Å². The Morgan fingerprint density at radius 1 is 1.12 bits per heavy atom. The molecule has 2 heterocycles. The summed E-state index contributed by atoms with van der Waals surface area (Å²) in [6.45, 7) is 1.95. The lowest BCUT2D eigenvalue weighted by Crippen LogP contribution is -2.20. The smallest absolute Gasteiger partial charge is 0.252 e. The number of hydrogen-bond donors (Lipinski definition) is 0. The Morgan fingerprint density at radius 2 is 1.96 bits per heavy atom. The summed E-state index contributed by atoms with van der Waals surface area (Å²) in [5.41, 5.74) is 1.78. The van der Waals surface area contributed by atoms with E-state index < -0.39 is 0 Å². The minimum atomic E-state index is -0.0111. The van der Waals surface area contributed by atoms with Gasteiger partial charge in [0.2, 0.25) is 0 Å². The molecule has 134 valence electrons. The third-order valence-corrected chi connectivity index (χ3v) is 6.51. The van der Waals surface area contributed by atoms with E-state index in [0.29, 0.717) is 5.92 Å². The Balaban J connectivity index is 1.72. The van der Waals surface area contributed by atoms with Gasteiger partial charge in [0, 0.05) is 24.4 Å². The Hall–Kier alpha value is -2.43. The molecule has 2 saturated carbocycles. The number of para-hydroxylation sites is 1. The molecular weight excluding hydrogens is 324 g/mol. The fourth-order valence-corrected chi connectivity index (χ4v) is 5.30. The van der Waals surface area contributed by atoms with Gasteiger partial charge in [-0.15, -0.1) is 0 Å². The first-order chi connectivity index (χ1) is 12.6. The van der Waals surface area contributed by atoms with Crippen LogP contribution in [0.3, 0.4) is 0 Å². The Kier molecular flexibility index (Phi) is 3.52. The SMILES string of the molecule is Cc1nc([C@H]2CC[C@@H]3CCC[C@@H]32)n(-c2cc(=O)n(C)c3ccccc23)n1. The summed E-state index contributed by atoms with van der Waals surface area (Å²) in [5.74, 6) is 3.88. The zero-order valence-electron chi connectivity index (χ0n) is 15.4. The van der Waals surface area contributed by atoms with Crippen molar-refractivity contribution >= 4 is 10.9 Å². The topological polar surface area (TPSA) is 52.7 Å². The Labute approximate surface area is 152 Å². The molecule has 0 amide bonds. The van der Waals surface area contributed by atoms with Gasteiger partial charge in [-0.05, 0) is 44.1 Å². The second-order valence-electron chi connectivity index (χ2n) is 7.91. The van der Waals surface area contributed by atoms with Crippen molar-refractivity contribution in [1.82, 2.24) is 19.3 Å². The number of rotatable bonds is 2. The molecule has 26 heavy (non-hydrogen) atoms. The van der Waals surface area contributed by atoms with E-state index in [-0.39, 0.29) is 5.56 Å². The molecule has 0 unspecified atom stereocenters. The van der Waals surface area contributed by atoms with Crippen molar-refractivity contribution in [2.75, 3.05) is 0 Å². The highest BCUT2D eigenvalue weighted by Crippen LogP contribution is 2.51. The van der Waals surface area contributed by atoms with Crippen molar-refractivity contribution in [3.8, 4) is 5.69 Å². The summed E-state index contributed by atoms with van der Waals surface area (Å²) in [6, 6.07) is 9.76. The van der Waals surface area contributed by atoms with E-state index in [9.17, 15) is 4.79 Å². The molecule has 1 aromatic carbocycles. The van der Waals surface area contributed by atoms with Gasteiger partial charge >= 0.3 is 0 Å². The first-order valence-electron chi connectivity index (χ1n) is 9.66. The molecule has 3 atom stereocenters. The Morgan fingerprint density at radius 3 is 2.85 bits per heavy atom. The van der Waals surface area contributed by atoms with Crippen molar-refractivity contribution in [1.29, 1.82) is 0 Å². The van der Waals surface area contributed by atoms with E-state index in [0.717, 1.165) is 40.1 Å². The van der Waals surface area contributed by atoms with Crippen LogP contribution in [-0.4, -0.2) is 19.3 Å². The molecule has 0 N–H and O–H groups in total. The van der Waals surface area contributed by atoms with Crippen molar-refractivity contribution < 1.29 is 0 Å². The third kappa shape index (κ3) is 2.26. The average Bonchev–Trinajstić information content (AvgIpc) is 3.33. The number of fused-ring (bicyclic) bond motifs is 2. The van der Waals surface area contributed by atoms with Crippen molar-refractivity contribution in [3.05, 3.63) is 52.3 Å². The molecule has 0 spiro atoms. The molecule has 2 aliphatic carbocycles. The molecule has 5 nitrogen and oxygen atoms in total. The van der Waals surface area contributed by atoms with Crippen LogP contribution in [0.15, 0.2) is 35.1 Å². The minimum absolute atomic E-state index is 0.0111. The lowest BCUT2D eigenvalue weighted by Gasteiger charge is -2.19. The third-order valence-electron chi connectivity index (χ3n) is 6.51. The predicted molar refractivity (Wildman–Crippen MR) is 102 cm³/mol. The highest BCUT2D eigenvalue weighted by atomic mass is 16.1. The van der Waals surface area contributed by atoms with E-state index in [4.69, 9.17) is 10.1 Å². The summed E-state index contributed by atoms with van der Waals surface area (Å²) < 4.78 is 3.66. The van der Waals surface area contributed by atoms with Crippen LogP contribution in [-0.2, 0) is 7.05 Å². The van der Waals surface area contributed by atoms with Gasteiger partial charge in [-0.3, -0.25) is 4.79 Å². The largest absolute Gasteiger partial charge is 0.311 e. The van der Waals surface area contributed by atoms with E-state index in [1.807, 2.05) is 36.9 Å². The van der Waals surface area contributed by atoms with Crippen LogP contribution in [0.1, 0.15) is 49.7 Å². The molecule has 2 aliphatic rings. The normalized spacial score (nSPS) is 25.1. The van der Waals surface area contributed by atoms with Crippen LogP contribution in [0, 0.1) is 18.8 Å². The number of pyridine rings is 1. The van der Waals surface area contributed by atoms with Gasteiger partial charge < -0.3 is 4.57 Å². The Bertz CT molecular complexity index is 1050. The summed E-state index contributed by atoms with van der Waals surface area (Å²) in [6.07, 6.45) is 6.50. The molecule has 5 rings (SSSR count). The maximum atomic E-state index is 12.6. The lowest BCUT2D eigenvalue weighted by atomic mass is 9.91. The number of benzene rings is 1. The second kappa shape index (κ2) is 5.79. The standard InChI is InChI=1S/C21H24N4O/c1-13-22-21(16-11-10-14-6-5-8-15(14)16)25(23-13)19-12-20(26)24(2)18-9-4-3-7-17(18)19/h3-4,7,9,12,14-16H,5-6,8,10-11H2,1-2H3/t14-,15-,16-/m0/s1. The highest BCUT2D eigenvalue weighted by Gasteiger charge is 2.42. The van der Waals surface area contributed by atoms with Gasteiger partial charge in [-0.2, -0.15) is 5.10 Å². The maximum Gasteiger partial charge on any atom is 0.252 e. The van der Waals surface area contributed by atoms with Gasteiger partial charge in [0.05, 0.1) is 11.2 Å². The van der Waals surface area contributed by atoms with Gasteiger partial charge in [0.15, 0.2) is 0 Å². The van der Waals surface area contributed by atoms with Crippen molar-refractivity contribution in [2.45, 2.75) is 44.9 Å². The summed E-state index contributed by atoms with van der Waals surface area (Å²) in [4.78, 5) is 17.4. The van der Waals surface area contributed by atoms with Crippen LogP contribution < -0.4 is 5.56 Å². The van der Waals surface area contributed by atoms with Crippen LogP contribution >= 0.6 is 0 Å². The predicted octanol–water partition coefficient (Wildman–Crippen LogP) is 3.72. The number of nitrogens with zero attached hydrogens (tertiary/aromatic N) is 4. The van der Waals surface area contributed by atoms with E-state index in [1.165, 1.54) is 32.1 Å². The molecule has 0 bridgehead atoms. The monoisotopic (exact) mass is 348 g/mol. The van der Waals surface area contributed by atoms with Crippen LogP contribution in [0.4, 0.5) is 0 Å². The molecule has 0 saturated heterocycles. The lowest BCUT2D eigenvalue weighted by molar-refractivity contribution is 0.408. The molecular formula is C21H24N4O. The van der Waals surface area contributed by atoms with E-state index in [1.54, 1.807) is 10.6 Å². The molecule has 2 fully saturated rings. The van der Waals surface area contributed by atoms with Crippen molar-refractivity contribution in [3.63, 3.8) is 0 Å². The van der Waals surface area contributed by atoms with Gasteiger partial charge in [-0.25, -0.2) is 9.67 Å². The van der Waals surface area contributed by atoms with Gasteiger partial charge in [0.25, 0.3) is 5.56 Å². The van der Waals surface area contributed by atoms with Crippen LogP contribution in [0.2, 0.25) is 0 Å². The van der Waals surface area contributed by atoms with E-state index >= 15 is 0 Å². The number of aryl methyl sites for hydroxylation is 2. The fraction of sp³-hybridized carbons (Fsp3) is 0.476. The zero-order valence-corrected chi connectivity index (χ0v) is 15.4. The summed E-state index contributed by atoms with van der Waals surface area (Å²) in [7, 11) is 1.82. The first-order valence-corrected chi connectivity index (χ1v) is 9.66. The number of hydrogen-bond acceptors (Lipinski definition) is 3. The maximum absolute atomic E-state index is 12.6. The minimum Gasteiger partial charge on any atom is -0.311 e. The molecule has 3 aromatic rings. The highest BCUT2D eigenvalue weighted by molar-refractivity contribution is 5.87. The average molecular weight is 348 g/mol. The fourth-order valence-electron chi connectivity index (χ4n) is 5.30. The second-order valence-corrected chi connectivity index (χ2v) is 7.91. The molecule has 2 aromatic heterocycles. The zero-order chi connectivity index (χ0) is 17.8. The quantitative estimate of drug-likeness (QED) is 0.709. The van der Waals surface area contributed by atoms with Crippen LogP contribution in [0.25, 0.3) is 16.6 Å². The van der Waals surface area contributed by atoms with Crippen LogP contribution in [0.5, 0.6) is 0 Å². The number of aromatic nitrogens is 4. The van der Waals surface area contributed by atoms with E-state index in [2.05, 4.69) is 6.07 Å². The molecule has 5 heteroatoms. The van der Waals surface area contributed by atoms with Gasteiger partial charge in [-0.1, -0.05) is 31.0 Å². The molecule has 0 radical (unpaired) electrons. The summed E-state index contributed by atoms with van der Waals surface area (Å²) >= 11 is 0.